The Kier molecular flexibility index (Phi) is 4.59. The number of anilines is 1. The van der Waals surface area contributed by atoms with Gasteiger partial charge in [0.05, 0.1) is 18.0 Å². The van der Waals surface area contributed by atoms with Crippen molar-refractivity contribution in [2.75, 3.05) is 43.9 Å². The monoisotopic (exact) mass is 338 g/mol. The Hall–Kier alpha value is -1.60. The highest BCUT2D eigenvalue weighted by Gasteiger charge is 2.31. The van der Waals surface area contributed by atoms with Gasteiger partial charge < -0.3 is 14.5 Å². The van der Waals surface area contributed by atoms with Gasteiger partial charge in [-0.25, -0.2) is 8.42 Å². The second-order valence-electron chi connectivity index (χ2n) is 6.10. The Morgan fingerprint density at radius 3 is 2.39 bits per heavy atom. The molecule has 0 aliphatic carbocycles. The van der Waals surface area contributed by atoms with E-state index in [4.69, 9.17) is 4.74 Å². The van der Waals surface area contributed by atoms with Crippen LogP contribution in [0, 0.1) is 0 Å². The van der Waals surface area contributed by atoms with Crippen LogP contribution in [0.15, 0.2) is 29.2 Å². The first-order valence-electron chi connectivity index (χ1n) is 7.90. The highest BCUT2D eigenvalue weighted by atomic mass is 32.2. The third-order valence-corrected chi connectivity index (χ3v) is 5.52. The smallest absolute Gasteiger partial charge is 0.253 e. The van der Waals surface area contributed by atoms with E-state index in [2.05, 4.69) is 4.90 Å². The highest BCUT2D eigenvalue weighted by Crippen LogP contribution is 2.21. The highest BCUT2D eigenvalue weighted by molar-refractivity contribution is 7.90. The average molecular weight is 338 g/mol. The van der Waals surface area contributed by atoms with Gasteiger partial charge in [-0.15, -0.1) is 0 Å². The molecule has 3 rings (SSSR count). The van der Waals surface area contributed by atoms with Gasteiger partial charge in [0.1, 0.15) is 0 Å². The molecule has 126 valence electrons. The summed E-state index contributed by atoms with van der Waals surface area (Å²) in [5, 5.41) is 0. The van der Waals surface area contributed by atoms with Gasteiger partial charge in [-0.3, -0.25) is 4.79 Å². The summed E-state index contributed by atoms with van der Waals surface area (Å²) in [7, 11) is -3.19. The lowest BCUT2D eigenvalue weighted by atomic mass is 10.2. The number of morpholine rings is 1. The van der Waals surface area contributed by atoms with Crippen molar-refractivity contribution in [2.24, 2.45) is 0 Å². The maximum Gasteiger partial charge on any atom is 0.253 e. The Morgan fingerprint density at radius 2 is 1.78 bits per heavy atom. The van der Waals surface area contributed by atoms with Crippen molar-refractivity contribution in [1.29, 1.82) is 0 Å². The van der Waals surface area contributed by atoms with Crippen molar-refractivity contribution in [3.05, 3.63) is 24.3 Å². The van der Waals surface area contributed by atoms with Crippen LogP contribution in [-0.4, -0.2) is 64.4 Å². The van der Waals surface area contributed by atoms with Crippen LogP contribution >= 0.6 is 0 Å². The van der Waals surface area contributed by atoms with Crippen molar-refractivity contribution in [3.63, 3.8) is 0 Å². The van der Waals surface area contributed by atoms with Gasteiger partial charge in [0.2, 0.25) is 0 Å². The minimum absolute atomic E-state index is 0.0694. The lowest BCUT2D eigenvalue weighted by Gasteiger charge is -2.35. The lowest BCUT2D eigenvalue weighted by molar-refractivity contribution is -0.143. The molecular weight excluding hydrogens is 316 g/mol. The zero-order valence-electron chi connectivity index (χ0n) is 13.3. The summed E-state index contributed by atoms with van der Waals surface area (Å²) >= 11 is 0. The zero-order valence-corrected chi connectivity index (χ0v) is 14.1. The summed E-state index contributed by atoms with van der Waals surface area (Å²) in [6, 6.07) is 6.80. The van der Waals surface area contributed by atoms with E-state index < -0.39 is 15.9 Å². The Bertz CT molecular complexity index is 666. The van der Waals surface area contributed by atoms with Gasteiger partial charge in [-0.05, 0) is 37.1 Å². The van der Waals surface area contributed by atoms with Crippen LogP contribution in [0.25, 0.3) is 0 Å². The number of ether oxygens (including phenoxy) is 1. The maximum absolute atomic E-state index is 12.5. The van der Waals surface area contributed by atoms with E-state index in [1.54, 1.807) is 24.3 Å². The first-order chi connectivity index (χ1) is 10.9. The SMILES string of the molecule is CS(=O)(=O)c1ccc(N2CCOC(C(=O)N3CCCC3)C2)cc1. The molecule has 0 bridgehead atoms. The predicted octanol–water partition coefficient (Wildman–Crippen LogP) is 0.918. The molecule has 0 N–H and O–H groups in total. The van der Waals surface area contributed by atoms with Crippen LogP contribution in [0.2, 0.25) is 0 Å². The number of likely N-dealkylation sites (tertiary alicyclic amines) is 1. The van der Waals surface area contributed by atoms with Gasteiger partial charge in [0.25, 0.3) is 5.91 Å². The number of hydrogen-bond acceptors (Lipinski definition) is 5. The van der Waals surface area contributed by atoms with E-state index in [0.717, 1.165) is 31.6 Å². The number of carbonyl (C=O) groups is 1. The third-order valence-electron chi connectivity index (χ3n) is 4.39. The molecule has 0 saturated carbocycles. The van der Waals surface area contributed by atoms with Crippen LogP contribution < -0.4 is 4.90 Å². The Labute approximate surface area is 136 Å². The molecule has 2 heterocycles. The van der Waals surface area contributed by atoms with Crippen molar-refractivity contribution >= 4 is 21.4 Å². The number of benzene rings is 1. The number of carbonyl (C=O) groups excluding carboxylic acids is 1. The first-order valence-corrected chi connectivity index (χ1v) is 9.80. The fourth-order valence-electron chi connectivity index (χ4n) is 3.08. The largest absolute Gasteiger partial charge is 0.366 e. The van der Waals surface area contributed by atoms with E-state index in [0.29, 0.717) is 24.6 Å². The minimum Gasteiger partial charge on any atom is -0.366 e. The van der Waals surface area contributed by atoms with Crippen molar-refractivity contribution in [2.45, 2.75) is 23.8 Å². The summed E-state index contributed by atoms with van der Waals surface area (Å²) in [5.74, 6) is 0.0694. The molecule has 2 aliphatic heterocycles. The second kappa shape index (κ2) is 6.49. The fraction of sp³-hybridized carbons (Fsp3) is 0.562. The summed E-state index contributed by atoms with van der Waals surface area (Å²) in [5.41, 5.74) is 0.917. The van der Waals surface area contributed by atoms with E-state index in [1.807, 2.05) is 4.90 Å². The summed E-state index contributed by atoms with van der Waals surface area (Å²) in [4.78, 5) is 16.7. The standard InChI is InChI=1S/C16H22N2O4S/c1-23(20,21)14-6-4-13(5-7-14)18-10-11-22-15(12-18)16(19)17-8-2-3-9-17/h4-7,15H,2-3,8-12H2,1H3. The van der Waals surface area contributed by atoms with Crippen LogP contribution in [-0.2, 0) is 19.4 Å². The summed E-state index contributed by atoms with van der Waals surface area (Å²) < 4.78 is 28.7. The van der Waals surface area contributed by atoms with Crippen molar-refractivity contribution in [1.82, 2.24) is 4.90 Å². The number of nitrogens with zero attached hydrogens (tertiary/aromatic N) is 2. The molecule has 0 aromatic heterocycles. The quantitative estimate of drug-likeness (QED) is 0.820. The molecule has 1 amide bonds. The first kappa shape index (κ1) is 16.3. The second-order valence-corrected chi connectivity index (χ2v) is 8.12. The molecule has 2 saturated heterocycles. The van der Waals surface area contributed by atoms with Gasteiger partial charge in [-0.1, -0.05) is 0 Å². The average Bonchev–Trinajstić information content (AvgIpc) is 3.08. The molecule has 23 heavy (non-hydrogen) atoms. The Balaban J connectivity index is 1.69. The predicted molar refractivity (Wildman–Crippen MR) is 87.3 cm³/mol. The molecule has 0 spiro atoms. The van der Waals surface area contributed by atoms with E-state index in [9.17, 15) is 13.2 Å². The number of sulfone groups is 1. The molecule has 1 aromatic rings. The third kappa shape index (κ3) is 3.67. The number of amides is 1. The minimum atomic E-state index is -3.19. The van der Waals surface area contributed by atoms with E-state index in [-0.39, 0.29) is 5.91 Å². The van der Waals surface area contributed by atoms with Gasteiger partial charge in [-0.2, -0.15) is 0 Å². The molecule has 6 nitrogen and oxygen atoms in total. The Morgan fingerprint density at radius 1 is 1.13 bits per heavy atom. The van der Waals surface area contributed by atoms with Crippen molar-refractivity contribution < 1.29 is 17.9 Å². The van der Waals surface area contributed by atoms with Gasteiger partial charge in [0.15, 0.2) is 15.9 Å². The lowest BCUT2D eigenvalue weighted by Crippen LogP contribution is -2.50. The molecule has 0 radical (unpaired) electrons. The van der Waals surface area contributed by atoms with E-state index in [1.165, 1.54) is 6.26 Å². The van der Waals surface area contributed by atoms with Crippen LogP contribution in [0.5, 0.6) is 0 Å². The van der Waals surface area contributed by atoms with Crippen LogP contribution in [0.1, 0.15) is 12.8 Å². The molecule has 7 heteroatoms. The number of hydrogen-bond donors (Lipinski definition) is 0. The van der Waals surface area contributed by atoms with E-state index >= 15 is 0 Å². The van der Waals surface area contributed by atoms with Crippen molar-refractivity contribution in [3.8, 4) is 0 Å². The summed E-state index contributed by atoms with van der Waals surface area (Å²) in [6.45, 7) is 3.34. The van der Waals surface area contributed by atoms with Gasteiger partial charge >= 0.3 is 0 Å². The molecule has 2 fully saturated rings. The zero-order chi connectivity index (χ0) is 16.4. The normalized spacial score (nSPS) is 22.4. The molecule has 2 aliphatic rings. The summed E-state index contributed by atoms with van der Waals surface area (Å²) in [6.07, 6.45) is 2.89. The maximum atomic E-state index is 12.5. The topological polar surface area (TPSA) is 66.9 Å². The molecule has 1 unspecified atom stereocenters. The fourth-order valence-corrected chi connectivity index (χ4v) is 3.71. The molecular formula is C16H22N2O4S. The van der Waals surface area contributed by atoms with Gasteiger partial charge in [0, 0.05) is 31.6 Å². The van der Waals surface area contributed by atoms with Crippen LogP contribution in [0.3, 0.4) is 0 Å². The number of rotatable bonds is 3. The van der Waals surface area contributed by atoms with Crippen LogP contribution in [0.4, 0.5) is 5.69 Å². The molecule has 1 atom stereocenters. The molecule has 1 aromatic carbocycles.